The zero-order chi connectivity index (χ0) is 10.1. The molecule has 0 aromatic carbocycles. The van der Waals surface area contributed by atoms with Crippen molar-refractivity contribution < 1.29 is 8.94 Å². The zero-order valence-electron chi connectivity index (χ0n) is 8.02. The molecule has 14 heavy (non-hydrogen) atoms. The van der Waals surface area contributed by atoms with Crippen molar-refractivity contribution in [1.29, 1.82) is 0 Å². The third kappa shape index (κ3) is 1.42. The predicted octanol–water partition coefficient (Wildman–Crippen LogP) is 1.66. The molecule has 2 N–H and O–H groups in total. The van der Waals surface area contributed by atoms with Gasteiger partial charge in [0.15, 0.2) is 0 Å². The van der Waals surface area contributed by atoms with Gasteiger partial charge in [-0.2, -0.15) is 4.98 Å². The molecule has 0 saturated carbocycles. The topological polar surface area (TPSA) is 78.1 Å². The summed E-state index contributed by atoms with van der Waals surface area (Å²) in [6.45, 7) is 3.64. The normalized spacial score (nSPS) is 13.1. The Morgan fingerprint density at radius 1 is 1.50 bits per heavy atom. The Morgan fingerprint density at radius 3 is 2.79 bits per heavy atom. The van der Waals surface area contributed by atoms with Crippen LogP contribution in [0.15, 0.2) is 21.3 Å². The van der Waals surface area contributed by atoms with Crippen molar-refractivity contribution >= 4 is 0 Å². The van der Waals surface area contributed by atoms with Gasteiger partial charge in [-0.05, 0) is 19.9 Å². The Hall–Kier alpha value is -1.62. The van der Waals surface area contributed by atoms with Crippen LogP contribution in [0.2, 0.25) is 0 Å². The number of aromatic nitrogens is 2. The van der Waals surface area contributed by atoms with Gasteiger partial charge in [0.2, 0.25) is 11.7 Å². The van der Waals surface area contributed by atoms with Crippen LogP contribution in [0.4, 0.5) is 0 Å². The quantitative estimate of drug-likeness (QED) is 0.784. The fraction of sp³-hybridized carbons (Fsp3) is 0.333. The first-order chi connectivity index (χ1) is 6.68. The van der Waals surface area contributed by atoms with Gasteiger partial charge in [-0.3, -0.25) is 0 Å². The molecule has 1 atom stereocenters. The summed E-state index contributed by atoms with van der Waals surface area (Å²) in [5, 5.41) is 3.81. The number of hydrogen-bond acceptors (Lipinski definition) is 5. The van der Waals surface area contributed by atoms with Gasteiger partial charge in [0.1, 0.15) is 5.76 Å². The second-order valence-corrected chi connectivity index (χ2v) is 3.14. The van der Waals surface area contributed by atoms with E-state index in [4.69, 9.17) is 14.7 Å². The summed E-state index contributed by atoms with van der Waals surface area (Å²) >= 11 is 0. The Bertz CT molecular complexity index is 431. The molecule has 0 fully saturated rings. The van der Waals surface area contributed by atoms with Crippen molar-refractivity contribution in [2.24, 2.45) is 5.73 Å². The summed E-state index contributed by atoms with van der Waals surface area (Å²) < 4.78 is 10.1. The van der Waals surface area contributed by atoms with Crippen molar-refractivity contribution in [3.63, 3.8) is 0 Å². The summed E-state index contributed by atoms with van der Waals surface area (Å²) in [6, 6.07) is 1.55. The highest BCUT2D eigenvalue weighted by Gasteiger charge is 2.14. The molecule has 5 heteroatoms. The lowest BCUT2D eigenvalue weighted by Gasteiger charge is -1.92. The molecule has 0 amide bonds. The third-order valence-corrected chi connectivity index (χ3v) is 1.93. The van der Waals surface area contributed by atoms with Gasteiger partial charge < -0.3 is 14.7 Å². The van der Waals surface area contributed by atoms with Crippen LogP contribution in [0.5, 0.6) is 0 Å². The van der Waals surface area contributed by atoms with Gasteiger partial charge in [-0.1, -0.05) is 5.16 Å². The minimum Gasteiger partial charge on any atom is -0.469 e. The molecule has 0 aliphatic heterocycles. The molecule has 0 aliphatic carbocycles. The highest BCUT2D eigenvalue weighted by molar-refractivity contribution is 5.56. The number of rotatable bonds is 2. The van der Waals surface area contributed by atoms with Crippen LogP contribution in [-0.2, 0) is 0 Å². The second kappa shape index (κ2) is 3.26. The maximum atomic E-state index is 5.60. The van der Waals surface area contributed by atoms with Gasteiger partial charge in [0, 0.05) is 0 Å². The van der Waals surface area contributed by atoms with E-state index in [0.717, 1.165) is 11.3 Å². The Kier molecular flexibility index (Phi) is 2.09. The lowest BCUT2D eigenvalue weighted by Crippen LogP contribution is -2.04. The number of nitrogens with zero attached hydrogens (tertiary/aromatic N) is 2. The van der Waals surface area contributed by atoms with Crippen LogP contribution in [0, 0.1) is 6.92 Å². The molecule has 2 aromatic rings. The third-order valence-electron chi connectivity index (χ3n) is 1.93. The average molecular weight is 193 g/mol. The Labute approximate surface area is 80.9 Å². The van der Waals surface area contributed by atoms with Crippen LogP contribution in [-0.4, -0.2) is 10.1 Å². The fourth-order valence-electron chi connectivity index (χ4n) is 1.15. The van der Waals surface area contributed by atoms with Gasteiger partial charge in [0.25, 0.3) is 0 Å². The summed E-state index contributed by atoms with van der Waals surface area (Å²) in [4.78, 5) is 4.15. The highest BCUT2D eigenvalue weighted by Crippen LogP contribution is 2.22. The van der Waals surface area contributed by atoms with Crippen molar-refractivity contribution in [2.75, 3.05) is 0 Å². The van der Waals surface area contributed by atoms with E-state index in [-0.39, 0.29) is 6.04 Å². The largest absolute Gasteiger partial charge is 0.469 e. The first-order valence-corrected chi connectivity index (χ1v) is 4.32. The van der Waals surface area contributed by atoms with Crippen LogP contribution >= 0.6 is 0 Å². The molecule has 0 radical (unpaired) electrons. The molecule has 5 nitrogen and oxygen atoms in total. The number of hydrogen-bond donors (Lipinski definition) is 1. The Balaban J connectivity index is 2.39. The average Bonchev–Trinajstić information content (AvgIpc) is 2.71. The number of nitrogens with two attached hydrogens (primary N) is 1. The summed E-state index contributed by atoms with van der Waals surface area (Å²) in [5.41, 5.74) is 6.43. The minimum atomic E-state index is -0.247. The van der Waals surface area contributed by atoms with Crippen LogP contribution in [0.1, 0.15) is 24.6 Å². The van der Waals surface area contributed by atoms with E-state index in [9.17, 15) is 0 Å². The van der Waals surface area contributed by atoms with E-state index in [0.29, 0.717) is 11.7 Å². The maximum Gasteiger partial charge on any atom is 0.243 e. The molecule has 74 valence electrons. The lowest BCUT2D eigenvalue weighted by molar-refractivity contribution is 0.362. The van der Waals surface area contributed by atoms with Gasteiger partial charge in [-0.25, -0.2) is 0 Å². The van der Waals surface area contributed by atoms with Crippen LogP contribution in [0.25, 0.3) is 11.4 Å². The highest BCUT2D eigenvalue weighted by atomic mass is 16.5. The van der Waals surface area contributed by atoms with E-state index in [1.54, 1.807) is 19.3 Å². The first kappa shape index (κ1) is 8.96. The maximum absolute atomic E-state index is 5.60. The van der Waals surface area contributed by atoms with Crippen molar-refractivity contribution in [1.82, 2.24) is 10.1 Å². The smallest absolute Gasteiger partial charge is 0.243 e. The fourth-order valence-corrected chi connectivity index (χ4v) is 1.15. The molecular weight excluding hydrogens is 182 g/mol. The molecular formula is C9H11N3O2. The van der Waals surface area contributed by atoms with Crippen molar-refractivity contribution in [3.8, 4) is 11.4 Å². The van der Waals surface area contributed by atoms with Gasteiger partial charge in [-0.15, -0.1) is 0 Å². The van der Waals surface area contributed by atoms with E-state index in [1.807, 2.05) is 6.92 Å². The molecule has 0 aliphatic rings. The van der Waals surface area contributed by atoms with Crippen molar-refractivity contribution in [2.45, 2.75) is 19.9 Å². The van der Waals surface area contributed by atoms with E-state index >= 15 is 0 Å². The standard InChI is InChI=1S/C9H11N3O2/c1-5(10)9-11-8(12-14-9)7-3-4-13-6(7)2/h3-5H,10H2,1-2H3/t5-/m0/s1. The zero-order valence-corrected chi connectivity index (χ0v) is 8.02. The van der Waals surface area contributed by atoms with E-state index in [1.165, 1.54) is 0 Å². The summed E-state index contributed by atoms with van der Waals surface area (Å²) in [6.07, 6.45) is 1.59. The van der Waals surface area contributed by atoms with Crippen molar-refractivity contribution in [3.05, 3.63) is 24.0 Å². The molecule has 2 aromatic heterocycles. The molecule has 0 spiro atoms. The number of furan rings is 1. The van der Waals surface area contributed by atoms with Gasteiger partial charge in [0.05, 0.1) is 17.9 Å². The molecule has 2 heterocycles. The summed E-state index contributed by atoms with van der Waals surface area (Å²) in [5.74, 6) is 1.71. The predicted molar refractivity (Wildman–Crippen MR) is 49.3 cm³/mol. The Morgan fingerprint density at radius 2 is 2.29 bits per heavy atom. The molecule has 0 unspecified atom stereocenters. The second-order valence-electron chi connectivity index (χ2n) is 3.14. The van der Waals surface area contributed by atoms with E-state index < -0.39 is 0 Å². The van der Waals surface area contributed by atoms with Crippen LogP contribution in [0.3, 0.4) is 0 Å². The number of aryl methyl sites for hydroxylation is 1. The SMILES string of the molecule is Cc1occc1-c1noc([C@H](C)N)n1. The lowest BCUT2D eigenvalue weighted by atomic mass is 10.2. The first-order valence-electron chi connectivity index (χ1n) is 4.32. The molecule has 2 rings (SSSR count). The van der Waals surface area contributed by atoms with Crippen LogP contribution < -0.4 is 5.73 Å². The molecule has 0 bridgehead atoms. The monoisotopic (exact) mass is 193 g/mol. The van der Waals surface area contributed by atoms with Gasteiger partial charge >= 0.3 is 0 Å². The summed E-state index contributed by atoms with van der Waals surface area (Å²) in [7, 11) is 0. The van der Waals surface area contributed by atoms with E-state index in [2.05, 4.69) is 10.1 Å². The molecule has 0 saturated heterocycles. The minimum absolute atomic E-state index is 0.247.